The van der Waals surface area contributed by atoms with Crippen LogP contribution in [0.25, 0.3) is 0 Å². The van der Waals surface area contributed by atoms with Crippen LogP contribution in [0.4, 0.5) is 0 Å². The van der Waals surface area contributed by atoms with E-state index in [0.717, 1.165) is 0 Å². The van der Waals surface area contributed by atoms with Crippen LogP contribution in [0.1, 0.15) is 1.43 Å². The molecular formula is H3Cl2K2O4P. The Balaban J connectivity index is -0.0000000208. The first-order valence-corrected chi connectivity index (χ1v) is 2.76. The van der Waals surface area contributed by atoms with Crippen molar-refractivity contribution in [2.24, 2.45) is 0 Å². The summed E-state index contributed by atoms with van der Waals surface area (Å²) in [5.41, 5.74) is 0. The fourth-order valence-electron chi connectivity index (χ4n) is 0. The third-order valence-corrected chi connectivity index (χ3v) is 0.809. The zero-order valence-corrected chi connectivity index (χ0v) is 13.6. The van der Waals surface area contributed by atoms with Crippen molar-refractivity contribution >= 4 is 19.7 Å². The van der Waals surface area contributed by atoms with Gasteiger partial charge < -0.3 is 23.6 Å². The third kappa shape index (κ3) is 24.5. The molecule has 0 unspecified atom stereocenters. The van der Waals surface area contributed by atoms with Gasteiger partial charge in [-0.3, -0.25) is 0 Å². The largest absolute Gasteiger partial charge is 1.00 e. The van der Waals surface area contributed by atoms with E-state index >= 15 is 0 Å². The van der Waals surface area contributed by atoms with Crippen LogP contribution in [0.15, 0.2) is 0 Å². The van der Waals surface area contributed by atoms with Gasteiger partial charge in [-0.2, -0.15) is 4.08 Å². The minimum absolute atomic E-state index is 0. The van der Waals surface area contributed by atoms with Crippen molar-refractivity contribution in [3.8, 4) is 0 Å². The van der Waals surface area contributed by atoms with E-state index in [1.807, 2.05) is 0 Å². The second-order valence-corrected chi connectivity index (χ2v) is 2.09. The van der Waals surface area contributed by atoms with Crippen LogP contribution in [-0.4, -0.2) is 9.79 Å². The van der Waals surface area contributed by atoms with E-state index < -0.39 is 7.82 Å². The van der Waals surface area contributed by atoms with Gasteiger partial charge in [-0.05, 0) is 0 Å². The first-order valence-electron chi connectivity index (χ1n) is 0.919. The van der Waals surface area contributed by atoms with Gasteiger partial charge in [-0.25, -0.2) is 4.57 Å². The van der Waals surface area contributed by atoms with Crippen molar-refractivity contribution in [2.75, 3.05) is 0 Å². The topological polar surface area (TPSA) is 66.8 Å². The van der Waals surface area contributed by atoms with Crippen molar-refractivity contribution in [3.63, 3.8) is 0 Å². The summed E-state index contributed by atoms with van der Waals surface area (Å²) >= 11 is 4.21. The first-order chi connectivity index (χ1) is 2.56. The van der Waals surface area contributed by atoms with Crippen LogP contribution in [0, 0.1) is 0 Å². The smallest absolute Gasteiger partial charge is 1.00 e. The molecule has 0 radical (unpaired) electrons. The van der Waals surface area contributed by atoms with Crippen molar-refractivity contribution < 1.29 is 135 Å². The second-order valence-electron chi connectivity index (χ2n) is 0.560. The Morgan fingerprint density at radius 2 is 1.56 bits per heavy atom. The zero-order chi connectivity index (χ0) is 5.21. The predicted molar refractivity (Wildman–Crippen MR) is 20.1 cm³/mol. The van der Waals surface area contributed by atoms with Crippen LogP contribution in [0.2, 0.25) is 0 Å². The summed E-state index contributed by atoms with van der Waals surface area (Å²) in [5.74, 6) is 0. The Morgan fingerprint density at radius 3 is 1.56 bits per heavy atom. The first kappa shape index (κ1) is 23.1. The standard InChI is InChI=1S/ClH2O4P.ClH.2K.H/c1-5-6(2,3)4;;;;/h(H2,2,3,4);1H;;;/q;;2*+1;-1/p-1. The molecule has 0 heterocycles. The van der Waals surface area contributed by atoms with Crippen molar-refractivity contribution in [2.45, 2.75) is 0 Å². The minimum atomic E-state index is -4.38. The Morgan fingerprint density at radius 1 is 1.44 bits per heavy atom. The van der Waals surface area contributed by atoms with E-state index in [2.05, 4.69) is 15.9 Å². The molecule has 0 aliphatic rings. The predicted octanol–water partition coefficient (Wildman–Crippen LogP) is -8.63. The molecule has 9 heavy (non-hydrogen) atoms. The third-order valence-electron chi connectivity index (χ3n) is 0.0899. The number of halogens is 2. The Labute approximate surface area is 151 Å². The Kier molecular flexibility index (Phi) is 30.7. The van der Waals surface area contributed by atoms with Crippen LogP contribution in [0.3, 0.4) is 0 Å². The maximum Gasteiger partial charge on any atom is 1.00 e. The SMILES string of the molecule is O=P(O)(O)OCl.[Cl-].[H-].[K+].[K+]. The van der Waals surface area contributed by atoms with Gasteiger partial charge in [0.05, 0.1) is 11.9 Å². The van der Waals surface area contributed by atoms with Gasteiger partial charge >= 0.3 is 111 Å². The molecular weight excluding hydrogens is 244 g/mol. The van der Waals surface area contributed by atoms with E-state index in [9.17, 15) is 4.57 Å². The molecule has 0 aromatic heterocycles. The van der Waals surface area contributed by atoms with Gasteiger partial charge in [0, 0.05) is 0 Å². The van der Waals surface area contributed by atoms with Crippen molar-refractivity contribution in [3.05, 3.63) is 0 Å². The van der Waals surface area contributed by atoms with Crippen LogP contribution >= 0.6 is 19.7 Å². The van der Waals surface area contributed by atoms with E-state index in [0.29, 0.717) is 0 Å². The molecule has 0 atom stereocenters. The molecule has 0 aromatic rings. The molecule has 0 aromatic carbocycles. The van der Waals surface area contributed by atoms with Gasteiger partial charge in [0.15, 0.2) is 0 Å². The summed E-state index contributed by atoms with van der Waals surface area (Å²) in [6, 6.07) is 0. The molecule has 0 saturated heterocycles. The number of phosphoric acid groups is 1. The molecule has 4 nitrogen and oxygen atoms in total. The summed E-state index contributed by atoms with van der Waals surface area (Å²) in [6.07, 6.45) is 0. The minimum Gasteiger partial charge on any atom is -1.00 e. The van der Waals surface area contributed by atoms with E-state index in [-0.39, 0.29) is 117 Å². The molecule has 0 amide bonds. The number of hydrogen-bond donors (Lipinski definition) is 2. The molecule has 0 fully saturated rings. The van der Waals surface area contributed by atoms with Crippen molar-refractivity contribution in [1.82, 2.24) is 0 Å². The van der Waals surface area contributed by atoms with Gasteiger partial charge in [0.25, 0.3) is 0 Å². The zero-order valence-electron chi connectivity index (χ0n) is 5.91. The van der Waals surface area contributed by atoms with Gasteiger partial charge in [0.2, 0.25) is 0 Å². The van der Waals surface area contributed by atoms with Crippen LogP contribution in [0.5, 0.6) is 0 Å². The number of rotatable bonds is 1. The summed E-state index contributed by atoms with van der Waals surface area (Å²) in [6.45, 7) is 0. The Bertz CT molecular complexity index is 85.3. The van der Waals surface area contributed by atoms with Gasteiger partial charge in [-0.1, -0.05) is 0 Å². The molecule has 0 aliphatic carbocycles. The van der Waals surface area contributed by atoms with Gasteiger partial charge in [0.1, 0.15) is 0 Å². The molecule has 9 heteroatoms. The fourth-order valence-corrected chi connectivity index (χ4v) is 0. The van der Waals surface area contributed by atoms with Crippen LogP contribution < -0.4 is 115 Å². The van der Waals surface area contributed by atoms with Crippen LogP contribution in [-0.2, 0) is 8.64 Å². The molecule has 0 spiro atoms. The molecule has 0 rings (SSSR count). The molecule has 2 N–H and O–H groups in total. The number of hydrogen-bond acceptors (Lipinski definition) is 2. The summed E-state index contributed by atoms with van der Waals surface area (Å²) in [5, 5.41) is 0. The average Bonchev–Trinajstić information content (AvgIpc) is 1.35. The average molecular weight is 247 g/mol. The quantitative estimate of drug-likeness (QED) is 0.357. The molecule has 0 aliphatic heterocycles. The molecule has 48 valence electrons. The van der Waals surface area contributed by atoms with Crippen molar-refractivity contribution in [1.29, 1.82) is 0 Å². The second kappa shape index (κ2) is 12.0. The van der Waals surface area contributed by atoms with E-state index in [1.54, 1.807) is 0 Å². The molecule has 0 saturated carbocycles. The summed E-state index contributed by atoms with van der Waals surface area (Å²) < 4.78 is 12.4. The Hall–Kier alpha value is 3.96. The maximum atomic E-state index is 9.34. The normalized spacial score (nSPS) is 7.89. The maximum absolute atomic E-state index is 9.34. The fraction of sp³-hybridized carbons (Fsp3) is 0. The summed E-state index contributed by atoms with van der Waals surface area (Å²) in [7, 11) is -4.38. The van der Waals surface area contributed by atoms with Gasteiger partial charge in [-0.15, -0.1) is 0 Å². The van der Waals surface area contributed by atoms with E-state index in [1.165, 1.54) is 0 Å². The monoisotopic (exact) mass is 246 g/mol. The molecule has 0 bridgehead atoms. The summed E-state index contributed by atoms with van der Waals surface area (Å²) in [4.78, 5) is 15.2. The van der Waals surface area contributed by atoms with E-state index in [4.69, 9.17) is 9.79 Å².